The Kier molecular flexibility index (Phi) is 3.42. The van der Waals surface area contributed by atoms with Crippen molar-refractivity contribution < 1.29 is 9.59 Å². The summed E-state index contributed by atoms with van der Waals surface area (Å²) in [5.41, 5.74) is 1.68. The molecule has 3 rings (SSSR count). The van der Waals surface area contributed by atoms with Crippen LogP contribution in [-0.2, 0) is 9.59 Å². The molecular weight excluding hydrogens is 276 g/mol. The lowest BCUT2D eigenvalue weighted by molar-refractivity contribution is -0.125. The highest BCUT2D eigenvalue weighted by atomic mass is 35.5. The number of carbonyl (C=O) groups excluding carboxylic acids is 2. The van der Waals surface area contributed by atoms with E-state index in [0.717, 1.165) is 24.1 Å². The molecule has 2 aliphatic carbocycles. The molecule has 0 aliphatic heterocycles. The Balaban J connectivity index is 1.57. The van der Waals surface area contributed by atoms with Crippen molar-refractivity contribution in [1.29, 1.82) is 0 Å². The maximum absolute atomic E-state index is 12.1. The van der Waals surface area contributed by atoms with Crippen LogP contribution in [0.1, 0.15) is 24.8 Å². The van der Waals surface area contributed by atoms with Gasteiger partial charge in [0.15, 0.2) is 0 Å². The first-order chi connectivity index (χ1) is 9.54. The molecule has 4 nitrogen and oxygen atoms in total. The number of halogens is 1. The fourth-order valence-corrected chi connectivity index (χ4v) is 2.44. The molecule has 106 valence electrons. The van der Waals surface area contributed by atoms with Crippen molar-refractivity contribution in [2.24, 2.45) is 11.8 Å². The lowest BCUT2D eigenvalue weighted by Gasteiger charge is -2.08. The summed E-state index contributed by atoms with van der Waals surface area (Å²) in [6.45, 7) is 1.91. The zero-order chi connectivity index (χ0) is 14.3. The standard InChI is InChI=1S/C15H17ClN2O2/c1-8-2-3-9(16)6-13(8)18-15(20)12-7-11(12)14(19)17-10-4-5-10/h2-3,6,10-12H,4-5,7H2,1H3,(H,17,19)(H,18,20). The van der Waals surface area contributed by atoms with Crippen LogP contribution in [-0.4, -0.2) is 17.9 Å². The number of amides is 2. The van der Waals surface area contributed by atoms with Gasteiger partial charge in [-0.2, -0.15) is 0 Å². The normalized spacial score (nSPS) is 24.1. The van der Waals surface area contributed by atoms with E-state index in [2.05, 4.69) is 10.6 Å². The summed E-state index contributed by atoms with van der Waals surface area (Å²) in [6, 6.07) is 5.73. The lowest BCUT2D eigenvalue weighted by Crippen LogP contribution is -2.29. The number of aryl methyl sites for hydroxylation is 1. The van der Waals surface area contributed by atoms with Crippen molar-refractivity contribution in [2.75, 3.05) is 5.32 Å². The fourth-order valence-electron chi connectivity index (χ4n) is 2.26. The molecule has 20 heavy (non-hydrogen) atoms. The molecule has 2 saturated carbocycles. The van der Waals surface area contributed by atoms with Crippen LogP contribution >= 0.6 is 11.6 Å². The van der Waals surface area contributed by atoms with Gasteiger partial charge in [-0.25, -0.2) is 0 Å². The molecule has 5 heteroatoms. The van der Waals surface area contributed by atoms with Gasteiger partial charge < -0.3 is 10.6 Å². The maximum atomic E-state index is 12.1. The average molecular weight is 293 g/mol. The second-order valence-electron chi connectivity index (χ2n) is 5.68. The minimum absolute atomic E-state index is 0.0236. The van der Waals surface area contributed by atoms with E-state index in [-0.39, 0.29) is 23.7 Å². The van der Waals surface area contributed by atoms with E-state index in [0.29, 0.717) is 17.5 Å². The van der Waals surface area contributed by atoms with Crippen LogP contribution in [0.2, 0.25) is 5.02 Å². The molecule has 2 fully saturated rings. The van der Waals surface area contributed by atoms with Gasteiger partial charge >= 0.3 is 0 Å². The molecule has 2 unspecified atom stereocenters. The van der Waals surface area contributed by atoms with E-state index in [1.54, 1.807) is 12.1 Å². The molecular formula is C15H17ClN2O2. The topological polar surface area (TPSA) is 58.2 Å². The molecule has 2 N–H and O–H groups in total. The van der Waals surface area contributed by atoms with E-state index < -0.39 is 0 Å². The third-order valence-corrected chi connectivity index (χ3v) is 4.08. The first kappa shape index (κ1) is 13.4. The first-order valence-corrected chi connectivity index (χ1v) is 7.30. The Bertz CT molecular complexity index is 569. The number of nitrogens with one attached hydrogen (secondary N) is 2. The molecule has 0 spiro atoms. The quantitative estimate of drug-likeness (QED) is 0.896. The van der Waals surface area contributed by atoms with Gasteiger partial charge in [0.1, 0.15) is 0 Å². The highest BCUT2D eigenvalue weighted by Gasteiger charge is 2.48. The molecule has 1 aromatic rings. The zero-order valence-electron chi connectivity index (χ0n) is 11.3. The Morgan fingerprint density at radius 3 is 2.60 bits per heavy atom. The third-order valence-electron chi connectivity index (χ3n) is 3.85. The number of carbonyl (C=O) groups is 2. The minimum Gasteiger partial charge on any atom is -0.353 e. The van der Waals surface area contributed by atoms with Crippen LogP contribution in [0.5, 0.6) is 0 Å². The van der Waals surface area contributed by atoms with E-state index in [4.69, 9.17) is 11.6 Å². The Labute approximate surface area is 122 Å². The lowest BCUT2D eigenvalue weighted by atomic mass is 10.2. The van der Waals surface area contributed by atoms with Gasteiger partial charge in [-0.3, -0.25) is 9.59 Å². The van der Waals surface area contributed by atoms with Crippen LogP contribution in [0.3, 0.4) is 0 Å². The second-order valence-corrected chi connectivity index (χ2v) is 6.12. The Morgan fingerprint density at radius 1 is 1.20 bits per heavy atom. The Hall–Kier alpha value is -1.55. The predicted octanol–water partition coefficient (Wildman–Crippen LogP) is 2.50. The highest BCUT2D eigenvalue weighted by molar-refractivity contribution is 6.31. The van der Waals surface area contributed by atoms with Gasteiger partial charge in [-0.05, 0) is 43.9 Å². The fraction of sp³-hybridized carbons (Fsp3) is 0.467. The van der Waals surface area contributed by atoms with Crippen molar-refractivity contribution in [3.63, 3.8) is 0 Å². The number of benzene rings is 1. The molecule has 2 amide bonds. The second kappa shape index (κ2) is 5.09. The smallest absolute Gasteiger partial charge is 0.228 e. The van der Waals surface area contributed by atoms with E-state index in [9.17, 15) is 9.59 Å². The minimum atomic E-state index is -0.202. The van der Waals surface area contributed by atoms with Crippen molar-refractivity contribution in [1.82, 2.24) is 5.32 Å². The van der Waals surface area contributed by atoms with Crippen molar-refractivity contribution in [3.05, 3.63) is 28.8 Å². The largest absolute Gasteiger partial charge is 0.353 e. The average Bonchev–Trinajstić information content (AvgIpc) is 3.25. The molecule has 0 bridgehead atoms. The van der Waals surface area contributed by atoms with Crippen LogP contribution in [0.4, 0.5) is 5.69 Å². The summed E-state index contributed by atoms with van der Waals surface area (Å²) >= 11 is 5.92. The van der Waals surface area contributed by atoms with Gasteiger partial charge in [0.25, 0.3) is 0 Å². The summed E-state index contributed by atoms with van der Waals surface area (Å²) in [5.74, 6) is -0.427. The zero-order valence-corrected chi connectivity index (χ0v) is 12.0. The molecule has 0 heterocycles. The third kappa shape index (κ3) is 2.96. The SMILES string of the molecule is Cc1ccc(Cl)cc1NC(=O)C1CC1C(=O)NC1CC1. The summed E-state index contributed by atoms with van der Waals surface area (Å²) < 4.78 is 0. The Morgan fingerprint density at radius 2 is 1.90 bits per heavy atom. The van der Waals surface area contributed by atoms with Crippen LogP contribution in [0.15, 0.2) is 18.2 Å². The van der Waals surface area contributed by atoms with Gasteiger partial charge in [0.2, 0.25) is 11.8 Å². The predicted molar refractivity (Wildman–Crippen MR) is 77.6 cm³/mol. The van der Waals surface area contributed by atoms with Crippen molar-refractivity contribution in [3.8, 4) is 0 Å². The number of hydrogen-bond acceptors (Lipinski definition) is 2. The van der Waals surface area contributed by atoms with Gasteiger partial charge in [0, 0.05) is 16.8 Å². The summed E-state index contributed by atoms with van der Waals surface area (Å²) in [5, 5.41) is 6.40. The van der Waals surface area contributed by atoms with Gasteiger partial charge in [-0.15, -0.1) is 0 Å². The number of rotatable bonds is 4. The summed E-state index contributed by atoms with van der Waals surface area (Å²) in [6.07, 6.45) is 2.78. The number of anilines is 1. The van der Waals surface area contributed by atoms with Gasteiger partial charge in [0.05, 0.1) is 11.8 Å². The number of hydrogen-bond donors (Lipinski definition) is 2. The maximum Gasteiger partial charge on any atom is 0.228 e. The molecule has 2 aliphatic rings. The van der Waals surface area contributed by atoms with Crippen molar-refractivity contribution in [2.45, 2.75) is 32.2 Å². The summed E-state index contributed by atoms with van der Waals surface area (Å²) in [4.78, 5) is 24.0. The molecule has 0 aromatic heterocycles. The van der Waals surface area contributed by atoms with Crippen LogP contribution in [0, 0.1) is 18.8 Å². The monoisotopic (exact) mass is 292 g/mol. The van der Waals surface area contributed by atoms with Crippen molar-refractivity contribution >= 4 is 29.1 Å². The summed E-state index contributed by atoms with van der Waals surface area (Å²) in [7, 11) is 0. The van der Waals surface area contributed by atoms with Crippen LogP contribution < -0.4 is 10.6 Å². The van der Waals surface area contributed by atoms with E-state index >= 15 is 0 Å². The first-order valence-electron chi connectivity index (χ1n) is 6.92. The highest BCUT2D eigenvalue weighted by Crippen LogP contribution is 2.40. The van der Waals surface area contributed by atoms with E-state index in [1.165, 1.54) is 0 Å². The van der Waals surface area contributed by atoms with E-state index in [1.807, 2.05) is 13.0 Å². The molecule has 0 saturated heterocycles. The molecule has 0 radical (unpaired) electrons. The molecule has 2 atom stereocenters. The van der Waals surface area contributed by atoms with Gasteiger partial charge in [-0.1, -0.05) is 17.7 Å². The van der Waals surface area contributed by atoms with Crippen LogP contribution in [0.25, 0.3) is 0 Å². The molecule has 1 aromatic carbocycles.